The second-order valence-electron chi connectivity index (χ2n) is 9.06. The molecule has 6 nitrogen and oxygen atoms in total. The molecule has 8 heteroatoms. The van der Waals surface area contributed by atoms with Crippen molar-refractivity contribution >= 4 is 15.9 Å². The van der Waals surface area contributed by atoms with Crippen LogP contribution >= 0.6 is 0 Å². The van der Waals surface area contributed by atoms with Crippen LogP contribution in [0.2, 0.25) is 0 Å². The molecule has 0 spiro atoms. The average Bonchev–Trinajstić information content (AvgIpc) is 3.32. The molecule has 2 heterocycles. The number of benzene rings is 2. The summed E-state index contributed by atoms with van der Waals surface area (Å²) >= 11 is 0. The van der Waals surface area contributed by atoms with Gasteiger partial charge in [0.15, 0.2) is 0 Å². The van der Waals surface area contributed by atoms with E-state index in [1.165, 1.54) is 28.6 Å². The van der Waals surface area contributed by atoms with Gasteiger partial charge in [-0.25, -0.2) is 12.8 Å². The Morgan fingerprint density at radius 3 is 2.48 bits per heavy atom. The van der Waals surface area contributed by atoms with Gasteiger partial charge in [0.2, 0.25) is 10.0 Å². The minimum atomic E-state index is -3.57. The molecule has 178 valence electrons. The van der Waals surface area contributed by atoms with E-state index in [1.54, 1.807) is 29.2 Å². The third-order valence-corrected chi connectivity index (χ3v) is 8.39. The maximum Gasteiger partial charge on any atom is 0.254 e. The monoisotopic (exact) mass is 474 g/mol. The highest BCUT2D eigenvalue weighted by Gasteiger charge is 2.29. The van der Waals surface area contributed by atoms with Gasteiger partial charge in [-0.15, -0.1) is 0 Å². The quantitative estimate of drug-likeness (QED) is 0.607. The number of piperidine rings is 1. The molecule has 0 radical (unpaired) electrons. The molecule has 2 aliphatic rings. The van der Waals surface area contributed by atoms with Gasteiger partial charge < -0.3 is 9.64 Å². The van der Waals surface area contributed by atoms with Crippen molar-refractivity contribution in [3.63, 3.8) is 0 Å². The summed E-state index contributed by atoms with van der Waals surface area (Å²) in [5.41, 5.74) is 1.09. The van der Waals surface area contributed by atoms with E-state index in [0.29, 0.717) is 43.3 Å². The molecule has 2 aromatic rings. The number of halogens is 1. The van der Waals surface area contributed by atoms with E-state index in [0.717, 1.165) is 25.7 Å². The lowest BCUT2D eigenvalue weighted by Gasteiger charge is -2.29. The maximum atomic E-state index is 13.7. The van der Waals surface area contributed by atoms with E-state index in [2.05, 4.69) is 6.92 Å². The lowest BCUT2D eigenvalue weighted by Crippen LogP contribution is -2.38. The lowest BCUT2D eigenvalue weighted by atomic mass is 10.0. The number of ether oxygens (including phenoxy) is 1. The van der Waals surface area contributed by atoms with Crippen molar-refractivity contribution in [1.82, 2.24) is 9.21 Å². The van der Waals surface area contributed by atoms with Crippen LogP contribution in [-0.2, 0) is 21.3 Å². The molecule has 2 saturated heterocycles. The van der Waals surface area contributed by atoms with Crippen LogP contribution in [0.3, 0.4) is 0 Å². The second kappa shape index (κ2) is 10.3. The van der Waals surface area contributed by atoms with E-state index < -0.39 is 10.0 Å². The predicted octanol–water partition coefficient (Wildman–Crippen LogP) is 4.07. The summed E-state index contributed by atoms with van der Waals surface area (Å²) in [6.07, 6.45) is 3.48. The van der Waals surface area contributed by atoms with Crippen molar-refractivity contribution in [2.75, 3.05) is 26.2 Å². The Kier molecular flexibility index (Phi) is 7.46. The van der Waals surface area contributed by atoms with Gasteiger partial charge in [-0.05, 0) is 73.6 Å². The van der Waals surface area contributed by atoms with Gasteiger partial charge in [-0.3, -0.25) is 4.79 Å². The predicted molar refractivity (Wildman–Crippen MR) is 124 cm³/mol. The van der Waals surface area contributed by atoms with Crippen molar-refractivity contribution in [1.29, 1.82) is 0 Å². The number of hydrogen-bond donors (Lipinski definition) is 0. The van der Waals surface area contributed by atoms with E-state index in [9.17, 15) is 17.6 Å². The minimum Gasteiger partial charge on any atom is -0.376 e. The Morgan fingerprint density at radius 1 is 1.12 bits per heavy atom. The molecule has 0 saturated carbocycles. The summed E-state index contributed by atoms with van der Waals surface area (Å²) in [6, 6.07) is 12.4. The first kappa shape index (κ1) is 23.9. The molecule has 4 rings (SSSR count). The summed E-state index contributed by atoms with van der Waals surface area (Å²) in [6.45, 7) is 4.51. The van der Waals surface area contributed by atoms with Gasteiger partial charge in [0, 0.05) is 38.3 Å². The smallest absolute Gasteiger partial charge is 0.254 e. The first-order chi connectivity index (χ1) is 15.8. The maximum absolute atomic E-state index is 13.7. The van der Waals surface area contributed by atoms with Gasteiger partial charge in [0.25, 0.3) is 5.91 Å². The zero-order valence-corrected chi connectivity index (χ0v) is 19.8. The van der Waals surface area contributed by atoms with Crippen LogP contribution in [0.15, 0.2) is 53.4 Å². The first-order valence-corrected chi connectivity index (χ1v) is 13.0. The van der Waals surface area contributed by atoms with E-state index in [4.69, 9.17) is 4.74 Å². The van der Waals surface area contributed by atoms with Crippen LogP contribution in [0.5, 0.6) is 0 Å². The summed E-state index contributed by atoms with van der Waals surface area (Å²) in [4.78, 5) is 15.2. The highest BCUT2D eigenvalue weighted by molar-refractivity contribution is 7.89. The number of rotatable bonds is 7. The Labute approximate surface area is 195 Å². The lowest BCUT2D eigenvalue weighted by molar-refractivity contribution is 0.0507. The molecule has 1 amide bonds. The van der Waals surface area contributed by atoms with Crippen molar-refractivity contribution < 1.29 is 22.3 Å². The highest BCUT2D eigenvalue weighted by atomic mass is 32.2. The van der Waals surface area contributed by atoms with Crippen LogP contribution < -0.4 is 0 Å². The van der Waals surface area contributed by atoms with Crippen LogP contribution in [0.1, 0.15) is 48.5 Å². The van der Waals surface area contributed by atoms with E-state index in [-0.39, 0.29) is 29.3 Å². The topological polar surface area (TPSA) is 66.9 Å². The Hall–Kier alpha value is -2.29. The molecular formula is C25H31FN2O4S. The van der Waals surface area contributed by atoms with E-state index >= 15 is 0 Å². The van der Waals surface area contributed by atoms with Crippen LogP contribution in [0.4, 0.5) is 4.39 Å². The number of sulfonamides is 1. The standard InChI is InChI=1S/C25H31FN2O4S/c1-19-11-13-28(14-12-19)33(30,31)24-9-7-21(8-10-24)25(29)27(18-23-6-3-15-32-23)17-20-4-2-5-22(26)16-20/h2,4-5,7-10,16,19,23H,3,6,11-15,17-18H2,1H3. The van der Waals surface area contributed by atoms with Gasteiger partial charge >= 0.3 is 0 Å². The molecule has 0 aliphatic carbocycles. The molecule has 0 aromatic heterocycles. The second-order valence-corrected chi connectivity index (χ2v) is 11.0. The van der Waals surface area contributed by atoms with Gasteiger partial charge in [0.1, 0.15) is 5.82 Å². The number of nitrogens with zero attached hydrogens (tertiary/aromatic N) is 2. The van der Waals surface area contributed by atoms with Gasteiger partial charge in [-0.1, -0.05) is 19.1 Å². The SMILES string of the molecule is CC1CCN(S(=O)(=O)c2ccc(C(=O)N(Cc3cccc(F)c3)CC3CCCO3)cc2)CC1. The normalized spacial score (nSPS) is 20.1. The Balaban J connectivity index is 1.51. The van der Waals surface area contributed by atoms with Crippen molar-refractivity contribution in [2.24, 2.45) is 5.92 Å². The van der Waals surface area contributed by atoms with Crippen LogP contribution in [-0.4, -0.2) is 55.9 Å². The van der Waals surface area contributed by atoms with Gasteiger partial charge in [0.05, 0.1) is 11.0 Å². The summed E-state index contributed by atoms with van der Waals surface area (Å²) in [7, 11) is -3.57. The zero-order chi connectivity index (χ0) is 23.4. The van der Waals surface area contributed by atoms with Crippen LogP contribution in [0, 0.1) is 11.7 Å². The van der Waals surface area contributed by atoms with Gasteiger partial charge in [-0.2, -0.15) is 4.31 Å². The summed E-state index contributed by atoms with van der Waals surface area (Å²) < 4.78 is 46.9. The molecule has 2 aromatic carbocycles. The molecule has 2 aliphatic heterocycles. The van der Waals surface area contributed by atoms with Crippen molar-refractivity contribution in [2.45, 2.75) is 50.2 Å². The first-order valence-electron chi connectivity index (χ1n) is 11.6. The van der Waals surface area contributed by atoms with Crippen molar-refractivity contribution in [3.05, 3.63) is 65.5 Å². The van der Waals surface area contributed by atoms with Crippen molar-refractivity contribution in [3.8, 4) is 0 Å². The Morgan fingerprint density at radius 2 is 1.85 bits per heavy atom. The molecule has 0 bridgehead atoms. The zero-order valence-electron chi connectivity index (χ0n) is 19.0. The fourth-order valence-corrected chi connectivity index (χ4v) is 5.91. The molecule has 2 fully saturated rings. The third-order valence-electron chi connectivity index (χ3n) is 6.48. The third kappa shape index (κ3) is 5.80. The Bertz CT molecular complexity index is 1060. The number of carbonyl (C=O) groups excluding carboxylic acids is 1. The molecular weight excluding hydrogens is 443 g/mol. The number of amides is 1. The minimum absolute atomic E-state index is 0.0522. The molecule has 33 heavy (non-hydrogen) atoms. The molecule has 0 N–H and O–H groups in total. The highest BCUT2D eigenvalue weighted by Crippen LogP contribution is 2.24. The largest absolute Gasteiger partial charge is 0.376 e. The van der Waals surface area contributed by atoms with E-state index in [1.807, 2.05) is 0 Å². The summed E-state index contributed by atoms with van der Waals surface area (Å²) in [5, 5.41) is 0. The average molecular weight is 475 g/mol. The molecule has 1 unspecified atom stereocenters. The fourth-order valence-electron chi connectivity index (χ4n) is 4.44. The fraction of sp³-hybridized carbons (Fsp3) is 0.480. The summed E-state index contributed by atoms with van der Waals surface area (Å²) in [5.74, 6) is -0.0476. The van der Waals surface area contributed by atoms with Crippen LogP contribution in [0.25, 0.3) is 0 Å². The molecule has 1 atom stereocenters. The number of hydrogen-bond acceptors (Lipinski definition) is 4. The number of carbonyl (C=O) groups is 1.